The molecule has 5 nitrogen and oxygen atoms in total. The average molecular weight is 331 g/mol. The van der Waals surface area contributed by atoms with Crippen molar-refractivity contribution in [2.75, 3.05) is 11.4 Å². The van der Waals surface area contributed by atoms with Crippen LogP contribution in [0.25, 0.3) is 11.1 Å². The van der Waals surface area contributed by atoms with Crippen LogP contribution >= 0.6 is 0 Å². The number of aromatic nitrogens is 2. The Balaban J connectivity index is 1.70. The third kappa shape index (κ3) is 2.63. The van der Waals surface area contributed by atoms with Gasteiger partial charge in [0, 0.05) is 37.9 Å². The lowest BCUT2D eigenvalue weighted by Gasteiger charge is -2.17. The number of hydrogen-bond acceptors (Lipinski definition) is 3. The van der Waals surface area contributed by atoms with Crippen LogP contribution < -0.4 is 10.5 Å². The molecule has 4 rings (SSSR count). The molecule has 0 saturated carbocycles. The minimum atomic E-state index is -0.269. The lowest BCUT2D eigenvalue weighted by Crippen LogP contribution is -2.35. The second-order valence-corrected chi connectivity index (χ2v) is 6.12. The molecule has 0 unspecified atom stereocenters. The Hall–Kier alpha value is -3.21. The Morgan fingerprint density at radius 1 is 1.08 bits per heavy atom. The molecule has 25 heavy (non-hydrogen) atoms. The molecule has 1 aliphatic rings. The van der Waals surface area contributed by atoms with Crippen molar-refractivity contribution in [2.24, 2.45) is 7.05 Å². The minimum Gasteiger partial charge on any atom is -0.318 e. The number of fused-ring (bicyclic) bond motifs is 1. The normalized spacial score (nSPS) is 12.9. The van der Waals surface area contributed by atoms with E-state index in [1.807, 2.05) is 24.3 Å². The van der Waals surface area contributed by atoms with E-state index in [2.05, 4.69) is 11.1 Å². The fraction of sp³-hybridized carbons (Fsp3) is 0.150. The molecule has 0 N–H and O–H groups in total. The number of benzene rings is 1. The molecular formula is C20H17N3O2. The van der Waals surface area contributed by atoms with Crippen molar-refractivity contribution < 1.29 is 4.79 Å². The van der Waals surface area contributed by atoms with Gasteiger partial charge in [-0.1, -0.05) is 6.07 Å². The highest BCUT2D eigenvalue weighted by Crippen LogP contribution is 2.32. The number of rotatable bonds is 2. The predicted octanol–water partition coefficient (Wildman–Crippen LogP) is 2.65. The zero-order valence-electron chi connectivity index (χ0n) is 13.8. The molecule has 1 aromatic carbocycles. The number of aryl methyl sites for hydroxylation is 1. The van der Waals surface area contributed by atoms with E-state index in [-0.39, 0.29) is 17.0 Å². The third-order valence-electron chi connectivity index (χ3n) is 4.59. The van der Waals surface area contributed by atoms with Gasteiger partial charge in [0.2, 0.25) is 0 Å². The molecule has 3 aromatic rings. The van der Waals surface area contributed by atoms with Crippen molar-refractivity contribution in [1.82, 2.24) is 9.55 Å². The summed E-state index contributed by atoms with van der Waals surface area (Å²) in [5.74, 6) is -0.239. The van der Waals surface area contributed by atoms with Gasteiger partial charge in [0.05, 0.1) is 0 Å². The first kappa shape index (κ1) is 15.3. The number of hydrogen-bond donors (Lipinski definition) is 0. The molecule has 0 atom stereocenters. The number of anilines is 1. The summed E-state index contributed by atoms with van der Waals surface area (Å²) in [6.07, 6.45) is 5.97. The van der Waals surface area contributed by atoms with E-state index in [1.165, 1.54) is 4.57 Å². The molecule has 5 heteroatoms. The fourth-order valence-corrected chi connectivity index (χ4v) is 3.24. The highest BCUT2D eigenvalue weighted by Gasteiger charge is 2.27. The number of carbonyl (C=O) groups is 1. The van der Waals surface area contributed by atoms with Gasteiger partial charge in [-0.05, 0) is 59.5 Å². The first-order chi connectivity index (χ1) is 12.1. The van der Waals surface area contributed by atoms with E-state index in [9.17, 15) is 9.59 Å². The van der Waals surface area contributed by atoms with Crippen LogP contribution in [0.3, 0.4) is 0 Å². The van der Waals surface area contributed by atoms with Crippen LogP contribution in [0.15, 0.2) is 65.8 Å². The summed E-state index contributed by atoms with van der Waals surface area (Å²) in [7, 11) is 1.65. The van der Waals surface area contributed by atoms with E-state index in [4.69, 9.17) is 0 Å². The first-order valence-corrected chi connectivity index (χ1v) is 8.16. The smallest absolute Gasteiger partial charge is 0.263 e. The lowest BCUT2D eigenvalue weighted by molar-refractivity contribution is 0.0987. The summed E-state index contributed by atoms with van der Waals surface area (Å²) in [5, 5.41) is 0. The first-order valence-electron chi connectivity index (χ1n) is 8.16. The quantitative estimate of drug-likeness (QED) is 0.725. The summed E-state index contributed by atoms with van der Waals surface area (Å²) < 4.78 is 1.43. The van der Waals surface area contributed by atoms with Gasteiger partial charge in [-0.2, -0.15) is 0 Å². The van der Waals surface area contributed by atoms with Crippen LogP contribution in [-0.2, 0) is 13.5 Å². The van der Waals surface area contributed by atoms with Crippen LogP contribution in [-0.4, -0.2) is 22.0 Å². The largest absolute Gasteiger partial charge is 0.318 e. The minimum absolute atomic E-state index is 0.205. The molecule has 0 aliphatic carbocycles. The van der Waals surface area contributed by atoms with Crippen molar-refractivity contribution in [3.8, 4) is 11.1 Å². The Bertz CT molecular complexity index is 1010. The Kier molecular flexibility index (Phi) is 3.69. The molecule has 1 amide bonds. The molecule has 3 heterocycles. The molecule has 2 aromatic heterocycles. The number of pyridine rings is 2. The van der Waals surface area contributed by atoms with Gasteiger partial charge >= 0.3 is 0 Å². The fourth-order valence-electron chi connectivity index (χ4n) is 3.24. The maximum absolute atomic E-state index is 12.8. The molecule has 0 saturated heterocycles. The maximum Gasteiger partial charge on any atom is 0.263 e. The standard InChI is InChI=1S/C20H17N3O2/c1-22-11-2-3-17(19(22)24)20(25)23-12-8-16-13-15(4-5-18(16)23)14-6-9-21-10-7-14/h2-7,9-11,13H,8,12H2,1H3. The highest BCUT2D eigenvalue weighted by atomic mass is 16.2. The average Bonchev–Trinajstić information content (AvgIpc) is 3.07. The molecule has 0 spiro atoms. The molecule has 0 fully saturated rings. The lowest BCUT2D eigenvalue weighted by atomic mass is 10.0. The summed E-state index contributed by atoms with van der Waals surface area (Å²) in [5.41, 5.74) is 4.14. The monoisotopic (exact) mass is 331 g/mol. The van der Waals surface area contributed by atoms with Gasteiger partial charge in [-0.3, -0.25) is 14.6 Å². The topological polar surface area (TPSA) is 55.2 Å². The van der Waals surface area contributed by atoms with Gasteiger partial charge in [-0.25, -0.2) is 0 Å². The van der Waals surface area contributed by atoms with Gasteiger partial charge in [0.25, 0.3) is 11.5 Å². The van der Waals surface area contributed by atoms with Crippen LogP contribution in [0.4, 0.5) is 5.69 Å². The van der Waals surface area contributed by atoms with E-state index in [1.54, 1.807) is 42.7 Å². The van der Waals surface area contributed by atoms with Gasteiger partial charge in [-0.15, -0.1) is 0 Å². The van der Waals surface area contributed by atoms with Crippen molar-refractivity contribution in [2.45, 2.75) is 6.42 Å². The summed E-state index contributed by atoms with van der Waals surface area (Å²) in [6, 6.07) is 13.3. The SMILES string of the molecule is Cn1cccc(C(=O)N2CCc3cc(-c4ccncc4)ccc32)c1=O. The summed E-state index contributed by atoms with van der Waals surface area (Å²) >= 11 is 0. The third-order valence-corrected chi connectivity index (χ3v) is 4.59. The van der Waals surface area contributed by atoms with E-state index in [0.717, 1.165) is 28.8 Å². The Labute approximate surface area is 145 Å². The second-order valence-electron chi connectivity index (χ2n) is 6.12. The molecule has 124 valence electrons. The highest BCUT2D eigenvalue weighted by molar-refractivity contribution is 6.07. The van der Waals surface area contributed by atoms with Crippen LogP contribution in [0.1, 0.15) is 15.9 Å². The van der Waals surface area contributed by atoms with Crippen molar-refractivity contribution in [3.63, 3.8) is 0 Å². The zero-order chi connectivity index (χ0) is 17.4. The van der Waals surface area contributed by atoms with E-state index in [0.29, 0.717) is 6.54 Å². The van der Waals surface area contributed by atoms with Crippen LogP contribution in [0, 0.1) is 0 Å². The number of nitrogens with zero attached hydrogens (tertiary/aromatic N) is 3. The molecule has 0 radical (unpaired) electrons. The molecule has 1 aliphatic heterocycles. The van der Waals surface area contributed by atoms with Gasteiger partial charge < -0.3 is 9.47 Å². The van der Waals surface area contributed by atoms with Crippen LogP contribution in [0.5, 0.6) is 0 Å². The van der Waals surface area contributed by atoms with E-state index < -0.39 is 0 Å². The van der Waals surface area contributed by atoms with Gasteiger partial charge in [0.1, 0.15) is 5.56 Å². The summed E-state index contributed by atoms with van der Waals surface area (Å²) in [4.78, 5) is 30.8. The van der Waals surface area contributed by atoms with Crippen molar-refractivity contribution in [1.29, 1.82) is 0 Å². The zero-order valence-corrected chi connectivity index (χ0v) is 13.8. The van der Waals surface area contributed by atoms with Crippen molar-refractivity contribution in [3.05, 3.63) is 82.5 Å². The Morgan fingerprint density at radius 3 is 2.68 bits per heavy atom. The number of amides is 1. The maximum atomic E-state index is 12.8. The van der Waals surface area contributed by atoms with Crippen LogP contribution in [0.2, 0.25) is 0 Å². The van der Waals surface area contributed by atoms with Gasteiger partial charge in [0.15, 0.2) is 0 Å². The van der Waals surface area contributed by atoms with Crippen molar-refractivity contribution >= 4 is 11.6 Å². The second kappa shape index (κ2) is 6.02. The van der Waals surface area contributed by atoms with E-state index >= 15 is 0 Å². The molecule has 0 bridgehead atoms. The predicted molar refractivity (Wildman–Crippen MR) is 96.7 cm³/mol. The Morgan fingerprint density at radius 2 is 1.88 bits per heavy atom. The number of carbonyl (C=O) groups excluding carboxylic acids is 1. The summed E-state index contributed by atoms with van der Waals surface area (Å²) in [6.45, 7) is 0.589. The molecular weight excluding hydrogens is 314 g/mol.